The quantitative estimate of drug-likeness (QED) is 0.840. The van der Waals surface area contributed by atoms with E-state index in [0.29, 0.717) is 12.2 Å². The largest absolute Gasteiger partial charge is 0.418 e. The van der Waals surface area contributed by atoms with Crippen LogP contribution in [0.3, 0.4) is 0 Å². The Morgan fingerprint density at radius 3 is 2.61 bits per heavy atom. The summed E-state index contributed by atoms with van der Waals surface area (Å²) >= 11 is 0. The second-order valence-electron chi connectivity index (χ2n) is 4.15. The van der Waals surface area contributed by atoms with E-state index in [1.807, 2.05) is 0 Å². The van der Waals surface area contributed by atoms with Crippen LogP contribution in [0, 0.1) is 0 Å². The summed E-state index contributed by atoms with van der Waals surface area (Å²) in [7, 11) is 0. The van der Waals surface area contributed by atoms with Crippen LogP contribution in [0.4, 0.5) is 24.5 Å². The summed E-state index contributed by atoms with van der Waals surface area (Å²) in [5.41, 5.74) is -0.534. The molecule has 18 heavy (non-hydrogen) atoms. The highest BCUT2D eigenvalue weighted by atomic mass is 19.4. The average molecular weight is 258 g/mol. The average Bonchev–Trinajstić information content (AvgIpc) is 2.29. The number of benzene rings is 1. The van der Waals surface area contributed by atoms with Gasteiger partial charge >= 0.3 is 6.18 Å². The van der Waals surface area contributed by atoms with Gasteiger partial charge in [-0.1, -0.05) is 6.07 Å². The Bertz CT molecular complexity index is 485. The zero-order valence-corrected chi connectivity index (χ0v) is 10.0. The molecule has 98 valence electrons. The number of nitrogens with one attached hydrogen (secondary N) is 1. The number of anilines is 2. The maximum Gasteiger partial charge on any atom is 0.418 e. The number of carbonyl (C=O) groups excluding carboxylic acids is 1. The third-order valence-electron chi connectivity index (χ3n) is 3.09. The Kier molecular flexibility index (Phi) is 2.96. The molecule has 1 aromatic rings. The lowest BCUT2D eigenvalue weighted by Crippen LogP contribution is -2.46. The molecule has 1 N–H and O–H groups in total. The minimum atomic E-state index is -4.47. The lowest BCUT2D eigenvalue weighted by atomic mass is 10.0. The lowest BCUT2D eigenvalue weighted by molar-refractivity contribution is -0.137. The van der Waals surface area contributed by atoms with Gasteiger partial charge in [0.2, 0.25) is 5.91 Å². The van der Waals surface area contributed by atoms with Gasteiger partial charge in [-0.15, -0.1) is 0 Å². The second-order valence-corrected chi connectivity index (χ2v) is 4.15. The van der Waals surface area contributed by atoms with Crippen LogP contribution in [0.5, 0.6) is 0 Å². The number of fused-ring (bicyclic) bond motifs is 1. The zero-order valence-electron chi connectivity index (χ0n) is 10.0. The molecule has 0 spiro atoms. The molecule has 1 heterocycles. The second kappa shape index (κ2) is 4.19. The summed E-state index contributed by atoms with van der Waals surface area (Å²) in [6.45, 7) is 3.95. The maximum atomic E-state index is 12.9. The molecular weight excluding hydrogens is 245 g/mol. The van der Waals surface area contributed by atoms with Crippen LogP contribution >= 0.6 is 0 Å². The van der Waals surface area contributed by atoms with Crippen molar-refractivity contribution in [2.45, 2.75) is 26.1 Å². The monoisotopic (exact) mass is 258 g/mol. The third-order valence-corrected chi connectivity index (χ3v) is 3.09. The molecule has 1 aromatic carbocycles. The number of carbonyl (C=O) groups is 1. The first-order valence-electron chi connectivity index (χ1n) is 5.64. The highest BCUT2D eigenvalue weighted by Gasteiger charge is 2.38. The van der Waals surface area contributed by atoms with Gasteiger partial charge < -0.3 is 10.2 Å². The van der Waals surface area contributed by atoms with Crippen LogP contribution in [0.15, 0.2) is 18.2 Å². The molecule has 0 bridgehead atoms. The third kappa shape index (κ3) is 1.91. The number of hydrogen-bond donors (Lipinski definition) is 1. The first-order valence-corrected chi connectivity index (χ1v) is 5.64. The van der Waals surface area contributed by atoms with E-state index in [9.17, 15) is 18.0 Å². The van der Waals surface area contributed by atoms with Crippen molar-refractivity contribution in [3.05, 3.63) is 23.8 Å². The van der Waals surface area contributed by atoms with Crippen LogP contribution in [0.1, 0.15) is 19.4 Å². The molecule has 0 radical (unpaired) electrons. The van der Waals surface area contributed by atoms with E-state index in [1.165, 1.54) is 6.07 Å². The SMILES string of the molecule is CCN1c2cccc(C(F)(F)F)c2NC(=O)C1C. The highest BCUT2D eigenvalue weighted by molar-refractivity contribution is 6.04. The van der Waals surface area contributed by atoms with Crippen molar-refractivity contribution in [1.29, 1.82) is 0 Å². The van der Waals surface area contributed by atoms with Gasteiger partial charge in [0.05, 0.1) is 16.9 Å². The van der Waals surface area contributed by atoms with Gasteiger partial charge in [-0.05, 0) is 26.0 Å². The molecule has 6 heteroatoms. The van der Waals surface area contributed by atoms with Crippen LogP contribution in [-0.2, 0) is 11.0 Å². The Balaban J connectivity index is 2.60. The molecule has 1 aliphatic rings. The Morgan fingerprint density at radius 1 is 1.39 bits per heavy atom. The van der Waals surface area contributed by atoms with E-state index in [-0.39, 0.29) is 5.69 Å². The molecule has 0 saturated heterocycles. The molecule has 1 atom stereocenters. The molecule has 1 unspecified atom stereocenters. The lowest BCUT2D eigenvalue weighted by Gasteiger charge is -2.36. The number of halogens is 3. The van der Waals surface area contributed by atoms with Gasteiger partial charge in [0.1, 0.15) is 6.04 Å². The van der Waals surface area contributed by atoms with Gasteiger partial charge in [0.25, 0.3) is 0 Å². The van der Waals surface area contributed by atoms with Crippen LogP contribution in [0.25, 0.3) is 0 Å². The maximum absolute atomic E-state index is 12.9. The van der Waals surface area contributed by atoms with Crippen molar-refractivity contribution in [2.24, 2.45) is 0 Å². The van der Waals surface area contributed by atoms with Gasteiger partial charge in [-0.3, -0.25) is 4.79 Å². The van der Waals surface area contributed by atoms with Crippen LogP contribution in [-0.4, -0.2) is 18.5 Å². The van der Waals surface area contributed by atoms with Crippen molar-refractivity contribution in [1.82, 2.24) is 0 Å². The predicted molar refractivity (Wildman–Crippen MR) is 62.6 cm³/mol. The standard InChI is InChI=1S/C12H13F3N2O/c1-3-17-7(2)11(18)16-10-8(12(13,14)15)5-4-6-9(10)17/h4-7H,3H2,1-2H3,(H,16,18). The number of hydrogen-bond acceptors (Lipinski definition) is 2. The predicted octanol–water partition coefficient (Wildman–Crippen LogP) is 2.87. The molecule has 2 rings (SSSR count). The van der Waals surface area contributed by atoms with Crippen molar-refractivity contribution in [3.8, 4) is 0 Å². The van der Waals surface area contributed by atoms with Crippen LogP contribution < -0.4 is 10.2 Å². The Morgan fingerprint density at radius 2 is 2.06 bits per heavy atom. The van der Waals surface area contributed by atoms with E-state index >= 15 is 0 Å². The molecule has 0 aromatic heterocycles. The fourth-order valence-corrected chi connectivity index (χ4v) is 2.17. The van der Waals surface area contributed by atoms with E-state index in [1.54, 1.807) is 24.8 Å². The first kappa shape index (κ1) is 12.7. The minimum Gasteiger partial charge on any atom is -0.358 e. The number of para-hydroxylation sites is 1. The summed E-state index contributed by atoms with van der Waals surface area (Å²) in [5, 5.41) is 2.35. The zero-order chi connectivity index (χ0) is 13.5. The summed E-state index contributed by atoms with van der Waals surface area (Å²) in [5.74, 6) is -0.416. The van der Waals surface area contributed by atoms with Crippen molar-refractivity contribution < 1.29 is 18.0 Å². The van der Waals surface area contributed by atoms with E-state index in [0.717, 1.165) is 6.07 Å². The summed E-state index contributed by atoms with van der Waals surface area (Å²) in [6, 6.07) is 3.45. The minimum absolute atomic E-state index is 0.144. The molecule has 0 saturated carbocycles. The van der Waals surface area contributed by atoms with Crippen molar-refractivity contribution in [2.75, 3.05) is 16.8 Å². The van der Waals surface area contributed by atoms with Gasteiger partial charge in [-0.2, -0.15) is 13.2 Å². The fourth-order valence-electron chi connectivity index (χ4n) is 2.17. The number of amides is 1. The number of alkyl halides is 3. The molecule has 3 nitrogen and oxygen atoms in total. The summed E-state index contributed by atoms with van der Waals surface area (Å²) in [4.78, 5) is 13.3. The normalized spacial score (nSPS) is 19.5. The molecular formula is C12H13F3N2O. The topological polar surface area (TPSA) is 32.3 Å². The smallest absolute Gasteiger partial charge is 0.358 e. The highest BCUT2D eigenvalue weighted by Crippen LogP contribution is 2.42. The number of nitrogens with zero attached hydrogens (tertiary/aromatic N) is 1. The van der Waals surface area contributed by atoms with Gasteiger partial charge in [0, 0.05) is 6.54 Å². The molecule has 0 fully saturated rings. The van der Waals surface area contributed by atoms with E-state index in [2.05, 4.69) is 5.32 Å². The Labute approximate surface area is 103 Å². The van der Waals surface area contributed by atoms with E-state index in [4.69, 9.17) is 0 Å². The number of rotatable bonds is 1. The van der Waals surface area contributed by atoms with Gasteiger partial charge in [-0.25, -0.2) is 0 Å². The fraction of sp³-hybridized carbons (Fsp3) is 0.417. The Hall–Kier alpha value is -1.72. The van der Waals surface area contributed by atoms with Crippen LogP contribution in [0.2, 0.25) is 0 Å². The molecule has 0 aliphatic carbocycles. The molecule has 1 aliphatic heterocycles. The molecule has 1 amide bonds. The first-order chi connectivity index (χ1) is 8.36. The van der Waals surface area contributed by atoms with Crippen molar-refractivity contribution in [3.63, 3.8) is 0 Å². The summed E-state index contributed by atoms with van der Waals surface area (Å²) in [6.07, 6.45) is -4.47. The van der Waals surface area contributed by atoms with Gasteiger partial charge in [0.15, 0.2) is 0 Å². The van der Waals surface area contributed by atoms with Crippen molar-refractivity contribution >= 4 is 17.3 Å². The summed E-state index contributed by atoms with van der Waals surface area (Å²) < 4.78 is 38.6. The number of likely N-dealkylation sites (N-methyl/N-ethyl adjacent to an activating group) is 1. The van der Waals surface area contributed by atoms with E-state index < -0.39 is 23.7 Å².